The Morgan fingerprint density at radius 1 is 1.39 bits per heavy atom. The molecule has 0 bridgehead atoms. The normalized spacial score (nSPS) is 12.9. The number of H-pyrrole nitrogens is 1. The Hall–Kier alpha value is -2.31. The SMILES string of the molecule is CCC(NC(=O)Cc1cccc(C(F)(F)F)c1)c1ncc(C)[nH]1. The zero-order valence-corrected chi connectivity index (χ0v) is 12.9. The molecule has 0 fully saturated rings. The van der Waals surface area contributed by atoms with Gasteiger partial charge in [-0.25, -0.2) is 4.98 Å². The van der Waals surface area contributed by atoms with Crippen LogP contribution in [-0.2, 0) is 17.4 Å². The van der Waals surface area contributed by atoms with Gasteiger partial charge in [0.05, 0.1) is 18.0 Å². The topological polar surface area (TPSA) is 57.8 Å². The van der Waals surface area contributed by atoms with E-state index in [0.29, 0.717) is 17.8 Å². The molecule has 0 aliphatic heterocycles. The predicted molar refractivity (Wildman–Crippen MR) is 79.6 cm³/mol. The van der Waals surface area contributed by atoms with Crippen LogP contribution < -0.4 is 5.32 Å². The lowest BCUT2D eigenvalue weighted by molar-refractivity contribution is -0.137. The van der Waals surface area contributed by atoms with Crippen LogP contribution in [0.15, 0.2) is 30.5 Å². The van der Waals surface area contributed by atoms with Crippen molar-refractivity contribution in [2.75, 3.05) is 0 Å². The highest BCUT2D eigenvalue weighted by molar-refractivity contribution is 5.79. The molecule has 0 aliphatic carbocycles. The first kappa shape index (κ1) is 17.1. The molecule has 7 heteroatoms. The van der Waals surface area contributed by atoms with Crippen LogP contribution in [0.2, 0.25) is 0 Å². The number of alkyl halides is 3. The largest absolute Gasteiger partial charge is 0.416 e. The highest BCUT2D eigenvalue weighted by Crippen LogP contribution is 2.29. The Balaban J connectivity index is 2.04. The highest BCUT2D eigenvalue weighted by Gasteiger charge is 2.30. The van der Waals surface area contributed by atoms with E-state index >= 15 is 0 Å². The van der Waals surface area contributed by atoms with E-state index in [9.17, 15) is 18.0 Å². The fourth-order valence-corrected chi connectivity index (χ4v) is 2.26. The van der Waals surface area contributed by atoms with Gasteiger partial charge in [-0.2, -0.15) is 13.2 Å². The van der Waals surface area contributed by atoms with E-state index < -0.39 is 11.7 Å². The van der Waals surface area contributed by atoms with Crippen LogP contribution in [0.5, 0.6) is 0 Å². The predicted octanol–water partition coefficient (Wildman–Crippen LogP) is 3.55. The molecule has 1 unspecified atom stereocenters. The van der Waals surface area contributed by atoms with Crippen LogP contribution in [-0.4, -0.2) is 15.9 Å². The molecule has 1 heterocycles. The number of rotatable bonds is 5. The van der Waals surface area contributed by atoms with Crippen LogP contribution in [0.25, 0.3) is 0 Å². The average molecular weight is 325 g/mol. The number of nitrogens with zero attached hydrogens (tertiary/aromatic N) is 1. The van der Waals surface area contributed by atoms with Crippen LogP contribution in [0.3, 0.4) is 0 Å². The number of imidazole rings is 1. The van der Waals surface area contributed by atoms with Crippen molar-refractivity contribution in [3.05, 3.63) is 53.1 Å². The number of carbonyl (C=O) groups is 1. The maximum Gasteiger partial charge on any atom is 0.416 e. The molecule has 0 saturated heterocycles. The lowest BCUT2D eigenvalue weighted by Crippen LogP contribution is -2.30. The number of aromatic amines is 1. The molecule has 2 aromatic rings. The van der Waals surface area contributed by atoms with Crippen LogP contribution in [0.1, 0.15) is 42.0 Å². The Kier molecular flexibility index (Phi) is 5.08. The van der Waals surface area contributed by atoms with E-state index in [2.05, 4.69) is 15.3 Å². The van der Waals surface area contributed by atoms with Crippen molar-refractivity contribution in [3.8, 4) is 0 Å². The Morgan fingerprint density at radius 3 is 2.70 bits per heavy atom. The van der Waals surface area contributed by atoms with Gasteiger partial charge in [0.2, 0.25) is 5.91 Å². The number of hydrogen-bond donors (Lipinski definition) is 2. The Morgan fingerprint density at radius 2 is 2.13 bits per heavy atom. The van der Waals surface area contributed by atoms with Gasteiger partial charge in [-0.1, -0.05) is 25.1 Å². The van der Waals surface area contributed by atoms with Crippen molar-refractivity contribution >= 4 is 5.91 Å². The third-order valence-corrected chi connectivity index (χ3v) is 3.42. The second kappa shape index (κ2) is 6.85. The third-order valence-electron chi connectivity index (χ3n) is 3.42. The van der Waals surface area contributed by atoms with E-state index in [1.807, 2.05) is 13.8 Å². The number of carbonyl (C=O) groups excluding carboxylic acids is 1. The molecule has 0 saturated carbocycles. The third kappa shape index (κ3) is 4.58. The first-order valence-corrected chi connectivity index (χ1v) is 7.26. The first-order valence-electron chi connectivity index (χ1n) is 7.26. The van der Waals surface area contributed by atoms with Crippen molar-refractivity contribution in [1.82, 2.24) is 15.3 Å². The molecule has 0 aliphatic rings. The summed E-state index contributed by atoms with van der Waals surface area (Å²) in [6, 6.07) is 4.51. The molecular formula is C16H18F3N3O. The number of nitrogens with one attached hydrogen (secondary N) is 2. The number of benzene rings is 1. The Bertz CT molecular complexity index is 679. The molecule has 1 aromatic carbocycles. The van der Waals surface area contributed by atoms with Crippen molar-refractivity contribution in [2.45, 2.75) is 38.9 Å². The van der Waals surface area contributed by atoms with Gasteiger partial charge in [-0.05, 0) is 25.0 Å². The lowest BCUT2D eigenvalue weighted by Gasteiger charge is -2.15. The fraction of sp³-hybridized carbons (Fsp3) is 0.375. The molecular weight excluding hydrogens is 307 g/mol. The summed E-state index contributed by atoms with van der Waals surface area (Å²) in [6.45, 7) is 3.75. The van der Waals surface area contributed by atoms with Gasteiger partial charge in [0, 0.05) is 11.9 Å². The molecule has 124 valence electrons. The van der Waals surface area contributed by atoms with Crippen LogP contribution in [0, 0.1) is 6.92 Å². The van der Waals surface area contributed by atoms with Gasteiger partial charge in [-0.3, -0.25) is 4.79 Å². The first-order chi connectivity index (χ1) is 10.8. The van der Waals surface area contributed by atoms with Gasteiger partial charge >= 0.3 is 6.18 Å². The zero-order valence-electron chi connectivity index (χ0n) is 12.9. The van der Waals surface area contributed by atoms with Gasteiger partial charge < -0.3 is 10.3 Å². The van der Waals surface area contributed by atoms with Crippen molar-refractivity contribution in [1.29, 1.82) is 0 Å². The fourth-order valence-electron chi connectivity index (χ4n) is 2.26. The monoisotopic (exact) mass is 325 g/mol. The molecule has 2 N–H and O–H groups in total. The lowest BCUT2D eigenvalue weighted by atomic mass is 10.1. The summed E-state index contributed by atoms with van der Waals surface area (Å²) in [5.74, 6) is 0.299. The molecule has 2 rings (SSSR count). The van der Waals surface area contributed by atoms with Crippen molar-refractivity contribution in [3.63, 3.8) is 0 Å². The zero-order chi connectivity index (χ0) is 17.0. The smallest absolute Gasteiger partial charge is 0.346 e. The molecule has 0 spiro atoms. The molecule has 0 radical (unpaired) electrons. The summed E-state index contributed by atoms with van der Waals surface area (Å²) < 4.78 is 38.0. The van der Waals surface area contributed by atoms with Gasteiger partial charge in [-0.15, -0.1) is 0 Å². The Labute approximate surface area is 132 Å². The number of hydrogen-bond acceptors (Lipinski definition) is 2. The number of aryl methyl sites for hydroxylation is 1. The summed E-state index contributed by atoms with van der Waals surface area (Å²) in [5, 5.41) is 2.79. The summed E-state index contributed by atoms with van der Waals surface area (Å²) in [5.41, 5.74) is 0.449. The second-order valence-corrected chi connectivity index (χ2v) is 5.35. The molecule has 23 heavy (non-hydrogen) atoms. The minimum Gasteiger partial charge on any atom is -0.346 e. The molecule has 1 amide bonds. The minimum atomic E-state index is -4.41. The quantitative estimate of drug-likeness (QED) is 0.883. The van der Waals surface area contributed by atoms with Crippen LogP contribution in [0.4, 0.5) is 13.2 Å². The molecule has 1 atom stereocenters. The number of halogens is 3. The maximum absolute atomic E-state index is 12.7. The van der Waals surface area contributed by atoms with E-state index in [4.69, 9.17) is 0 Å². The molecule has 4 nitrogen and oxygen atoms in total. The van der Waals surface area contributed by atoms with Crippen LogP contribution >= 0.6 is 0 Å². The van der Waals surface area contributed by atoms with E-state index in [-0.39, 0.29) is 18.4 Å². The summed E-state index contributed by atoms with van der Waals surface area (Å²) >= 11 is 0. The van der Waals surface area contributed by atoms with E-state index in [1.54, 1.807) is 6.20 Å². The summed E-state index contributed by atoms with van der Waals surface area (Å²) in [6.07, 6.45) is -2.23. The van der Waals surface area contributed by atoms with Gasteiger partial charge in [0.15, 0.2) is 0 Å². The standard InChI is InChI=1S/C16H18F3N3O/c1-3-13(15-20-9-10(2)21-15)22-14(23)8-11-5-4-6-12(7-11)16(17,18)19/h4-7,9,13H,3,8H2,1-2H3,(H,20,21)(H,22,23). The van der Waals surface area contributed by atoms with E-state index in [1.165, 1.54) is 12.1 Å². The number of amides is 1. The number of aromatic nitrogens is 2. The van der Waals surface area contributed by atoms with E-state index in [0.717, 1.165) is 17.8 Å². The van der Waals surface area contributed by atoms with Gasteiger partial charge in [0.25, 0.3) is 0 Å². The summed E-state index contributed by atoms with van der Waals surface area (Å²) in [7, 11) is 0. The maximum atomic E-state index is 12.7. The van der Waals surface area contributed by atoms with Gasteiger partial charge in [0.1, 0.15) is 5.82 Å². The summed E-state index contributed by atoms with van der Waals surface area (Å²) in [4.78, 5) is 19.3. The average Bonchev–Trinajstić information content (AvgIpc) is 2.90. The second-order valence-electron chi connectivity index (χ2n) is 5.35. The molecule has 1 aromatic heterocycles. The minimum absolute atomic E-state index is 0.111. The van der Waals surface area contributed by atoms with Crippen molar-refractivity contribution in [2.24, 2.45) is 0 Å². The highest BCUT2D eigenvalue weighted by atomic mass is 19.4. The van der Waals surface area contributed by atoms with Crippen molar-refractivity contribution < 1.29 is 18.0 Å².